The second-order valence-electron chi connectivity index (χ2n) is 26.6. The van der Waals surface area contributed by atoms with E-state index in [2.05, 4.69) is 85.9 Å². The summed E-state index contributed by atoms with van der Waals surface area (Å²) in [6, 6.07) is 7.27. The average Bonchev–Trinajstić information content (AvgIpc) is 1.61. The number of carboxylic acids is 2. The van der Waals surface area contributed by atoms with Gasteiger partial charge in [0.15, 0.2) is 5.78 Å². The van der Waals surface area contributed by atoms with Crippen molar-refractivity contribution < 1.29 is 106 Å². The number of aliphatic carboxylic acids is 2. The number of nitrogen functional groups attached to an aromatic ring is 1. The van der Waals surface area contributed by atoms with Crippen molar-refractivity contribution in [2.24, 2.45) is 17.4 Å². The van der Waals surface area contributed by atoms with Crippen LogP contribution in [-0.2, 0) is 87.9 Å². The van der Waals surface area contributed by atoms with Crippen LogP contribution in [-0.4, -0.2) is 226 Å². The number of nitrogens with two attached hydrogens (primary N) is 3. The fourth-order valence-corrected chi connectivity index (χ4v) is 11.3. The van der Waals surface area contributed by atoms with Crippen molar-refractivity contribution in [3.05, 3.63) is 137 Å². The Kier molecular flexibility index (Phi) is 33.7. The van der Waals surface area contributed by atoms with Gasteiger partial charge in [0, 0.05) is 57.9 Å². The van der Waals surface area contributed by atoms with Gasteiger partial charge in [-0.05, 0) is 113 Å². The van der Waals surface area contributed by atoms with E-state index in [1.54, 1.807) is 42.6 Å². The first-order chi connectivity index (χ1) is 54.0. The number of aromatic amines is 1. The van der Waals surface area contributed by atoms with Crippen molar-refractivity contribution in [2.45, 2.75) is 152 Å². The summed E-state index contributed by atoms with van der Waals surface area (Å²) in [6.45, 7) is 1.99. The smallest absolute Gasteiger partial charge is 0.329 e. The second kappa shape index (κ2) is 43.1. The first-order valence-electron chi connectivity index (χ1n) is 35.8. The highest BCUT2D eigenvalue weighted by atomic mass is 16.5. The highest BCUT2D eigenvalue weighted by Crippen LogP contribution is 2.21. The molecule has 608 valence electrons. The number of nitrogens with one attached hydrogen (secondary N) is 14. The van der Waals surface area contributed by atoms with Gasteiger partial charge in [0.2, 0.25) is 76.8 Å². The number of ether oxygens (including phenoxy) is 1. The molecule has 39 heteroatoms. The number of Topliss-reactive ketones (excluding diaryl/α,β-unsaturated/α-hetero) is 1. The van der Waals surface area contributed by atoms with Crippen molar-refractivity contribution in [2.75, 3.05) is 32.0 Å². The molecule has 0 saturated carbocycles. The van der Waals surface area contributed by atoms with Crippen LogP contribution >= 0.6 is 0 Å². The van der Waals surface area contributed by atoms with Crippen LogP contribution < -0.4 is 86.3 Å². The molecule has 0 radical (unpaired) electrons. The molecule has 0 bridgehead atoms. The van der Waals surface area contributed by atoms with Crippen LogP contribution in [0.3, 0.4) is 0 Å². The summed E-state index contributed by atoms with van der Waals surface area (Å²) in [5.74, 6) is -17.9. The molecule has 14 amide bonds. The van der Waals surface area contributed by atoms with Gasteiger partial charge in [0.1, 0.15) is 72.6 Å². The highest BCUT2D eigenvalue weighted by Gasteiger charge is 2.40. The minimum atomic E-state index is -2.23. The number of fused-ring (bicyclic) bond motifs is 1. The van der Waals surface area contributed by atoms with E-state index in [4.69, 9.17) is 21.9 Å². The molecule has 4 aromatic carbocycles. The Morgan fingerprint density at radius 1 is 0.570 bits per heavy atom. The molecule has 1 fully saturated rings. The molecule has 0 aliphatic carbocycles. The Balaban J connectivity index is 1.34. The van der Waals surface area contributed by atoms with Gasteiger partial charge in [-0.25, -0.2) is 4.79 Å². The van der Waals surface area contributed by atoms with E-state index in [1.807, 2.05) is 30.3 Å². The Morgan fingerprint density at radius 3 is 1.76 bits per heavy atom. The molecule has 39 nitrogen and oxygen atoms in total. The molecule has 1 unspecified atom stereocenters. The molecule has 1 aromatic heterocycles. The lowest BCUT2D eigenvalue weighted by Crippen LogP contribution is -2.61. The largest absolute Gasteiger partial charge is 0.481 e. The summed E-state index contributed by atoms with van der Waals surface area (Å²) in [7, 11) is 0. The molecule has 23 N–H and O–H groups in total. The van der Waals surface area contributed by atoms with Gasteiger partial charge in [-0.2, -0.15) is 0 Å². The number of aliphatic hydroxyl groups is 1. The van der Waals surface area contributed by atoms with Crippen LogP contribution in [0.2, 0.25) is 0 Å². The number of aromatic nitrogens is 1. The minimum Gasteiger partial charge on any atom is -0.481 e. The number of hydrogen-bond donors (Lipinski definition) is 20. The van der Waals surface area contributed by atoms with Crippen LogP contribution in [0.15, 0.2) is 109 Å². The molecular weight excluding hydrogens is 1490 g/mol. The number of anilines is 1. The number of cyclic esters (lactones) is 1. The SMILES string of the molecule is CC(CC(=O)O)[C@@H]1NC(=O)[C@@H](CO)NC(=O)CNC(=O)[C@H](CC(=O)O)NC(=O)[C@@H](C)NC(=O)[C@H](C)NC(=O)[C@H](CCCN)NC(=O)CNC(=O)[C@@H](NC(=O)[C@H](C)NC(=O)[C@@H](CC(N)=O)NC(=O)[C@H](Cc2c[nH]c3ccccc23)NC(=O)c2ccc(C#Cc3ccccc3)cc2)[C@@H](C)OC(=O)[C@H](CC(=O)c2ccccc2N)NC1=O. The van der Waals surface area contributed by atoms with Gasteiger partial charge in [0.25, 0.3) is 5.91 Å². The van der Waals surface area contributed by atoms with Gasteiger partial charge >= 0.3 is 17.9 Å². The number of carbonyl (C=O) groups excluding carboxylic acids is 16. The van der Waals surface area contributed by atoms with Crippen molar-refractivity contribution >= 4 is 123 Å². The summed E-state index contributed by atoms with van der Waals surface area (Å²) >= 11 is 0. The molecule has 5 aromatic rings. The van der Waals surface area contributed by atoms with E-state index in [0.717, 1.165) is 40.2 Å². The lowest BCUT2D eigenvalue weighted by Gasteiger charge is -2.29. The maximum absolute atomic E-state index is 14.8. The topological polar surface area (TPSA) is 627 Å². The number of carboxylic acid groups (broad SMARTS) is 2. The number of benzene rings is 4. The average molecular weight is 1580 g/mol. The standard InChI is InChI=1S/C75H91N17O22/c1-37(28-60(98)99)62-74(112)90-54(30-56(94)47-17-9-11-18-48(47)77)75(113)114-41(5)63(73(111)81-35-58(96)85-50(20-13-27-76)69(107)83-38(2)64(102)82-39(3)65(103)87-53(32-61(100)101)68(106)80-34-59(97)86-55(36-93)72(110)91-62)92-66(104)40(4)84-70(108)52(31-57(78)95)89-71(109)51(29-45-33-79-49-19-12-10-16-46(45)49)88-67(105)44-25-23-43(24-26-44)22-21-42-14-7-6-8-15-42/h6-12,14-19,23-26,33,37-41,50-55,62-63,79,93H,13,20,27-32,34-36,76-77H2,1-5H3,(H2,78,95)(H,80,106)(H,81,111)(H,82,102)(H,83,107)(H,84,108)(H,85,96)(H,86,97)(H,87,103)(H,88,105)(H,89,109)(H,90,112)(H,91,110)(H,92,104)(H,98,99)(H,100,101)/t37?,38-,39+,40-,41+,50-,51-,52+,53-,54-,55+,62-,63-/m0/s1. The quantitative estimate of drug-likeness (QED) is 0.0119. The van der Waals surface area contributed by atoms with Gasteiger partial charge in [0.05, 0.1) is 39.0 Å². The number of H-pyrrole nitrogens is 1. The zero-order valence-corrected chi connectivity index (χ0v) is 62.5. The summed E-state index contributed by atoms with van der Waals surface area (Å²) in [4.78, 5) is 251. The zero-order valence-electron chi connectivity index (χ0n) is 62.5. The number of amides is 14. The van der Waals surface area contributed by atoms with Crippen molar-refractivity contribution in [1.29, 1.82) is 0 Å². The Labute approximate surface area is 651 Å². The number of hydrogen-bond acceptors (Lipinski definition) is 22. The van der Waals surface area contributed by atoms with Crippen LogP contribution in [0.25, 0.3) is 10.9 Å². The molecule has 1 saturated heterocycles. The molecule has 114 heavy (non-hydrogen) atoms. The van der Waals surface area contributed by atoms with Crippen LogP contribution in [0.1, 0.15) is 111 Å². The molecule has 6 rings (SSSR count). The first-order valence-corrected chi connectivity index (χ1v) is 35.8. The van der Waals surface area contributed by atoms with Crippen LogP contribution in [0.5, 0.6) is 0 Å². The maximum Gasteiger partial charge on any atom is 0.329 e. The van der Waals surface area contributed by atoms with Gasteiger partial charge < -0.3 is 111 Å². The third-order valence-corrected chi connectivity index (χ3v) is 17.6. The van der Waals surface area contributed by atoms with Crippen molar-refractivity contribution in [1.82, 2.24) is 74.1 Å². The second-order valence-corrected chi connectivity index (χ2v) is 26.6. The number of carbonyl (C=O) groups is 18. The molecule has 0 spiro atoms. The van der Waals surface area contributed by atoms with Crippen molar-refractivity contribution in [3.63, 3.8) is 0 Å². The molecule has 13 atom stereocenters. The monoisotopic (exact) mass is 1580 g/mol. The minimum absolute atomic E-state index is 0.0506. The van der Waals surface area contributed by atoms with E-state index in [0.29, 0.717) is 22.0 Å². The Hall–Kier alpha value is -13.6. The molecule has 2 heterocycles. The number of primary amides is 1. The predicted octanol–water partition coefficient (Wildman–Crippen LogP) is -4.96. The lowest BCUT2D eigenvalue weighted by atomic mass is 9.96. The summed E-state index contributed by atoms with van der Waals surface area (Å²) in [5.41, 5.74) is 19.7. The summed E-state index contributed by atoms with van der Waals surface area (Å²) in [6.07, 6.45) is -4.79. The zero-order chi connectivity index (χ0) is 84.0. The Morgan fingerprint density at radius 2 is 1.14 bits per heavy atom. The fraction of sp³-hybridized carbons (Fsp3) is 0.387. The van der Waals surface area contributed by atoms with Crippen LogP contribution in [0, 0.1) is 17.8 Å². The fourth-order valence-electron chi connectivity index (χ4n) is 11.3. The predicted molar refractivity (Wildman–Crippen MR) is 403 cm³/mol. The van der Waals surface area contributed by atoms with Crippen molar-refractivity contribution in [3.8, 4) is 11.8 Å². The number of para-hydroxylation sites is 2. The van der Waals surface area contributed by atoms with E-state index in [-0.39, 0.29) is 42.6 Å². The third-order valence-electron chi connectivity index (χ3n) is 17.6. The highest BCUT2D eigenvalue weighted by molar-refractivity contribution is 6.05. The summed E-state index contributed by atoms with van der Waals surface area (Å²) in [5, 5.41) is 60.1. The lowest BCUT2D eigenvalue weighted by molar-refractivity contribution is -0.156. The maximum atomic E-state index is 14.8. The third kappa shape index (κ3) is 27.4. The van der Waals surface area contributed by atoms with Crippen LogP contribution in [0.4, 0.5) is 5.69 Å². The van der Waals surface area contributed by atoms with E-state index < -0.39 is 230 Å². The van der Waals surface area contributed by atoms with E-state index in [9.17, 15) is 102 Å². The Bertz CT molecular complexity index is 4490. The normalized spacial score (nSPS) is 21.1. The molecule has 1 aliphatic heterocycles. The number of ketones is 1. The van der Waals surface area contributed by atoms with Gasteiger partial charge in [-0.3, -0.25) is 81.5 Å². The number of rotatable bonds is 24. The summed E-state index contributed by atoms with van der Waals surface area (Å²) < 4.78 is 5.74. The molecular formula is C75H91N17O22. The van der Waals surface area contributed by atoms with E-state index in [1.165, 1.54) is 36.4 Å². The van der Waals surface area contributed by atoms with Gasteiger partial charge in [-0.15, -0.1) is 0 Å². The molecule has 1 aliphatic rings. The van der Waals surface area contributed by atoms with Gasteiger partial charge in [-0.1, -0.05) is 67.3 Å². The number of aliphatic hydroxyl groups excluding tert-OH is 1. The van der Waals surface area contributed by atoms with E-state index >= 15 is 0 Å². The number of esters is 1. The first kappa shape index (κ1) is 89.3.